The second-order valence-electron chi connectivity index (χ2n) is 3.85. The van der Waals surface area contributed by atoms with Crippen molar-refractivity contribution < 1.29 is 0 Å². The summed E-state index contributed by atoms with van der Waals surface area (Å²) in [5.41, 5.74) is 8.01. The zero-order valence-corrected chi connectivity index (χ0v) is 13.8. The molecule has 0 amide bonds. The van der Waals surface area contributed by atoms with E-state index >= 15 is 0 Å². The lowest BCUT2D eigenvalue weighted by Gasteiger charge is -2.15. The molecule has 18 heavy (non-hydrogen) atoms. The summed E-state index contributed by atoms with van der Waals surface area (Å²) in [6.45, 7) is 0. The minimum Gasteiger partial charge on any atom is -0.320 e. The fourth-order valence-electron chi connectivity index (χ4n) is 1.69. The summed E-state index contributed by atoms with van der Waals surface area (Å²) in [6, 6.07) is 10.9. The maximum absolute atomic E-state index is 6.24. The number of rotatable bonds is 2. The highest BCUT2D eigenvalue weighted by Gasteiger charge is 2.14. The zero-order chi connectivity index (χ0) is 13.3. The third-order valence-electron chi connectivity index (χ3n) is 2.54. The van der Waals surface area contributed by atoms with Crippen molar-refractivity contribution in [2.24, 2.45) is 5.73 Å². The molecule has 0 bridgehead atoms. The molecule has 1 unspecified atom stereocenters. The van der Waals surface area contributed by atoms with Gasteiger partial charge < -0.3 is 5.73 Å². The summed E-state index contributed by atoms with van der Waals surface area (Å²) >= 11 is 19.0. The smallest absolute Gasteiger partial charge is 0.0567 e. The van der Waals surface area contributed by atoms with Gasteiger partial charge >= 0.3 is 0 Å². The Labute approximate surface area is 133 Å². The fourth-order valence-corrected chi connectivity index (χ4v) is 3.43. The van der Waals surface area contributed by atoms with E-state index in [2.05, 4.69) is 31.9 Å². The second-order valence-corrected chi connectivity index (χ2v) is 6.52. The summed E-state index contributed by atoms with van der Waals surface area (Å²) < 4.78 is 1.92. The van der Waals surface area contributed by atoms with Gasteiger partial charge in [0.25, 0.3) is 0 Å². The molecule has 0 aromatic heterocycles. The highest BCUT2D eigenvalue weighted by Crippen LogP contribution is 2.31. The van der Waals surface area contributed by atoms with E-state index in [4.69, 9.17) is 28.9 Å². The van der Waals surface area contributed by atoms with Crippen LogP contribution in [0.3, 0.4) is 0 Å². The van der Waals surface area contributed by atoms with Gasteiger partial charge in [-0.05, 0) is 47.5 Å². The normalized spacial score (nSPS) is 12.5. The highest BCUT2D eigenvalue weighted by atomic mass is 79.9. The van der Waals surface area contributed by atoms with E-state index in [1.54, 1.807) is 18.2 Å². The lowest BCUT2D eigenvalue weighted by atomic mass is 10.00. The zero-order valence-electron chi connectivity index (χ0n) is 9.13. The van der Waals surface area contributed by atoms with Crippen LogP contribution in [0.5, 0.6) is 0 Å². The maximum Gasteiger partial charge on any atom is 0.0567 e. The van der Waals surface area contributed by atoms with Crippen LogP contribution in [0.15, 0.2) is 45.3 Å². The van der Waals surface area contributed by atoms with Crippen molar-refractivity contribution in [2.45, 2.75) is 6.04 Å². The van der Waals surface area contributed by atoms with Gasteiger partial charge in [-0.1, -0.05) is 55.1 Å². The summed E-state index contributed by atoms with van der Waals surface area (Å²) in [5, 5.41) is 1.24. The van der Waals surface area contributed by atoms with E-state index in [0.29, 0.717) is 10.0 Å². The summed E-state index contributed by atoms with van der Waals surface area (Å²) in [7, 11) is 0. The molecule has 2 aromatic carbocycles. The topological polar surface area (TPSA) is 26.0 Å². The average molecular weight is 410 g/mol. The van der Waals surface area contributed by atoms with Crippen molar-refractivity contribution in [3.8, 4) is 0 Å². The first-order valence-corrected chi connectivity index (χ1v) is 7.48. The van der Waals surface area contributed by atoms with Crippen LogP contribution in [0, 0.1) is 0 Å². The Bertz CT molecular complexity index is 567. The van der Waals surface area contributed by atoms with Crippen molar-refractivity contribution >= 4 is 55.1 Å². The molecule has 0 aliphatic carbocycles. The third kappa shape index (κ3) is 3.28. The molecule has 0 heterocycles. The van der Waals surface area contributed by atoms with Gasteiger partial charge in [-0.2, -0.15) is 0 Å². The molecule has 0 fully saturated rings. The van der Waals surface area contributed by atoms with Gasteiger partial charge in [0.05, 0.1) is 6.04 Å². The van der Waals surface area contributed by atoms with Gasteiger partial charge in [-0.15, -0.1) is 0 Å². The standard InChI is InChI=1S/C13H9Br2Cl2N/c14-8-3-7(4-9(15)5-8)13(18)11-6-10(16)1-2-12(11)17/h1-6,13H,18H2. The number of hydrogen-bond donors (Lipinski definition) is 1. The highest BCUT2D eigenvalue weighted by molar-refractivity contribution is 9.11. The predicted octanol–water partition coefficient (Wildman–Crippen LogP) is 5.57. The first-order valence-electron chi connectivity index (χ1n) is 5.14. The predicted molar refractivity (Wildman–Crippen MR) is 84.3 cm³/mol. The molecular weight excluding hydrogens is 401 g/mol. The third-order valence-corrected chi connectivity index (χ3v) is 4.03. The molecule has 1 nitrogen and oxygen atoms in total. The Morgan fingerprint density at radius 3 is 2.17 bits per heavy atom. The van der Waals surface area contributed by atoms with E-state index in [-0.39, 0.29) is 6.04 Å². The molecule has 0 radical (unpaired) electrons. The molecule has 0 aliphatic rings. The van der Waals surface area contributed by atoms with Crippen LogP contribution in [-0.2, 0) is 0 Å². The Hall–Kier alpha value is -0.0600. The van der Waals surface area contributed by atoms with Crippen LogP contribution < -0.4 is 5.73 Å². The van der Waals surface area contributed by atoms with E-state index in [9.17, 15) is 0 Å². The number of benzene rings is 2. The van der Waals surface area contributed by atoms with Crippen LogP contribution in [0.25, 0.3) is 0 Å². The molecule has 0 spiro atoms. The molecule has 0 saturated heterocycles. The lowest BCUT2D eigenvalue weighted by molar-refractivity contribution is 0.870. The molecule has 2 N–H and O–H groups in total. The van der Waals surface area contributed by atoms with Crippen LogP contribution in [0.4, 0.5) is 0 Å². The average Bonchev–Trinajstić information content (AvgIpc) is 2.30. The van der Waals surface area contributed by atoms with Crippen LogP contribution in [0.1, 0.15) is 17.2 Å². The first-order chi connectivity index (χ1) is 8.47. The Kier molecular flexibility index (Phi) is 4.73. The van der Waals surface area contributed by atoms with Crippen molar-refractivity contribution in [2.75, 3.05) is 0 Å². The lowest BCUT2D eigenvalue weighted by Crippen LogP contribution is -2.12. The summed E-state index contributed by atoms with van der Waals surface area (Å²) in [4.78, 5) is 0. The van der Waals surface area contributed by atoms with E-state index in [0.717, 1.165) is 20.1 Å². The molecule has 94 valence electrons. The second kappa shape index (κ2) is 5.93. The van der Waals surface area contributed by atoms with E-state index < -0.39 is 0 Å². The van der Waals surface area contributed by atoms with Gasteiger partial charge in [0.15, 0.2) is 0 Å². The molecule has 5 heteroatoms. The number of halogens is 4. The molecule has 2 aromatic rings. The van der Waals surface area contributed by atoms with Gasteiger partial charge in [0.2, 0.25) is 0 Å². The summed E-state index contributed by atoms with van der Waals surface area (Å²) in [5.74, 6) is 0. The summed E-state index contributed by atoms with van der Waals surface area (Å²) in [6.07, 6.45) is 0. The monoisotopic (exact) mass is 407 g/mol. The molecule has 0 saturated carbocycles. The van der Waals surface area contributed by atoms with E-state index in [1.165, 1.54) is 0 Å². The Morgan fingerprint density at radius 1 is 0.944 bits per heavy atom. The Balaban J connectivity index is 2.47. The first kappa shape index (κ1) is 14.4. The van der Waals surface area contributed by atoms with Crippen molar-refractivity contribution in [1.82, 2.24) is 0 Å². The van der Waals surface area contributed by atoms with Gasteiger partial charge in [-0.3, -0.25) is 0 Å². The van der Waals surface area contributed by atoms with Crippen molar-refractivity contribution in [1.29, 1.82) is 0 Å². The molecular formula is C13H9Br2Cl2N. The minimum atomic E-state index is -0.315. The quantitative estimate of drug-likeness (QED) is 0.689. The van der Waals surface area contributed by atoms with Crippen molar-refractivity contribution in [3.63, 3.8) is 0 Å². The van der Waals surface area contributed by atoms with Gasteiger partial charge in [0.1, 0.15) is 0 Å². The Morgan fingerprint density at radius 2 is 1.56 bits per heavy atom. The number of hydrogen-bond acceptors (Lipinski definition) is 1. The van der Waals surface area contributed by atoms with Gasteiger partial charge in [0, 0.05) is 19.0 Å². The van der Waals surface area contributed by atoms with Crippen molar-refractivity contribution in [3.05, 3.63) is 66.5 Å². The number of nitrogens with two attached hydrogens (primary N) is 1. The van der Waals surface area contributed by atoms with Crippen LogP contribution in [0.2, 0.25) is 10.0 Å². The van der Waals surface area contributed by atoms with E-state index in [1.807, 2.05) is 18.2 Å². The molecule has 1 atom stereocenters. The van der Waals surface area contributed by atoms with Gasteiger partial charge in [-0.25, -0.2) is 0 Å². The maximum atomic E-state index is 6.24. The largest absolute Gasteiger partial charge is 0.320 e. The fraction of sp³-hybridized carbons (Fsp3) is 0.0769. The minimum absolute atomic E-state index is 0.315. The van der Waals surface area contributed by atoms with Crippen LogP contribution in [-0.4, -0.2) is 0 Å². The molecule has 0 aliphatic heterocycles. The SMILES string of the molecule is NC(c1cc(Br)cc(Br)c1)c1cc(Cl)ccc1Cl. The molecule has 2 rings (SSSR count). The van der Waals surface area contributed by atoms with Crippen LogP contribution >= 0.6 is 55.1 Å².